The Morgan fingerprint density at radius 2 is 1.95 bits per heavy atom. The third kappa shape index (κ3) is 2.82. The van der Waals surface area contributed by atoms with Crippen LogP contribution in [0.15, 0.2) is 18.2 Å². The summed E-state index contributed by atoms with van der Waals surface area (Å²) >= 11 is 0. The maximum absolute atomic E-state index is 13.0. The second kappa shape index (κ2) is 5.32. The highest BCUT2D eigenvalue weighted by Gasteiger charge is 2.36. The van der Waals surface area contributed by atoms with Crippen molar-refractivity contribution in [2.24, 2.45) is 5.84 Å². The van der Waals surface area contributed by atoms with E-state index >= 15 is 0 Å². The van der Waals surface area contributed by atoms with E-state index in [0.29, 0.717) is 0 Å². The zero-order valence-corrected chi connectivity index (χ0v) is 10.6. The van der Waals surface area contributed by atoms with Gasteiger partial charge in [0, 0.05) is 10.9 Å². The van der Waals surface area contributed by atoms with Gasteiger partial charge in [0.2, 0.25) is 0 Å². The lowest BCUT2D eigenvalue weighted by molar-refractivity contribution is -0.141. The number of aromatic nitrogens is 1. The van der Waals surface area contributed by atoms with E-state index in [1.165, 1.54) is 19.1 Å². The van der Waals surface area contributed by atoms with Crippen LogP contribution in [0.1, 0.15) is 11.3 Å². The van der Waals surface area contributed by atoms with Crippen molar-refractivity contribution in [3.63, 3.8) is 0 Å². The molecule has 0 saturated carbocycles. The number of halogens is 5. The van der Waals surface area contributed by atoms with Crippen molar-refractivity contribution in [1.29, 1.82) is 0 Å². The third-order valence-corrected chi connectivity index (χ3v) is 2.85. The second-order valence-electron chi connectivity index (χ2n) is 4.13. The number of nitrogens with zero attached hydrogens (tertiary/aromatic N) is 1. The number of rotatable bonds is 3. The average molecular weight is 307 g/mol. The number of hydrogen-bond donors (Lipinski definition) is 2. The molecule has 0 aliphatic carbocycles. The Bertz CT molecular complexity index is 672. The molecule has 21 heavy (non-hydrogen) atoms. The normalized spacial score (nSPS) is 12.0. The number of pyridine rings is 1. The van der Waals surface area contributed by atoms with Crippen molar-refractivity contribution < 1.29 is 26.7 Å². The van der Waals surface area contributed by atoms with Crippen LogP contribution < -0.4 is 16.0 Å². The molecule has 0 aliphatic heterocycles. The fourth-order valence-corrected chi connectivity index (χ4v) is 2.01. The maximum Gasteiger partial charge on any atom is 0.433 e. The Morgan fingerprint density at radius 1 is 1.29 bits per heavy atom. The molecule has 0 amide bonds. The summed E-state index contributed by atoms with van der Waals surface area (Å²) in [4.78, 5) is 3.43. The van der Waals surface area contributed by atoms with E-state index in [4.69, 9.17) is 5.84 Å². The number of benzene rings is 1. The number of alkyl halides is 5. The van der Waals surface area contributed by atoms with Gasteiger partial charge in [0.05, 0.1) is 5.69 Å². The lowest BCUT2D eigenvalue weighted by atomic mass is 10.1. The molecular weight excluding hydrogens is 297 g/mol. The molecule has 4 nitrogen and oxygen atoms in total. The van der Waals surface area contributed by atoms with Gasteiger partial charge >= 0.3 is 12.8 Å². The van der Waals surface area contributed by atoms with Gasteiger partial charge in [-0.1, -0.05) is 12.1 Å². The summed E-state index contributed by atoms with van der Waals surface area (Å²) in [6.45, 7) is -1.99. The van der Waals surface area contributed by atoms with E-state index in [9.17, 15) is 22.0 Å². The molecule has 0 saturated heterocycles. The lowest BCUT2D eigenvalue weighted by Crippen LogP contribution is -2.16. The van der Waals surface area contributed by atoms with Gasteiger partial charge in [0.15, 0.2) is 5.75 Å². The van der Waals surface area contributed by atoms with Crippen LogP contribution in [0.3, 0.4) is 0 Å². The minimum atomic E-state index is -4.75. The Hall–Kier alpha value is -2.16. The highest BCUT2D eigenvalue weighted by Crippen LogP contribution is 2.39. The number of hydrogen-bond acceptors (Lipinski definition) is 4. The molecule has 114 valence electrons. The summed E-state index contributed by atoms with van der Waals surface area (Å²) in [5.74, 6) is 4.79. The standard InChI is InChI=1S/C12H10F5N3O/c1-5-8(20-18)6-3-2-4-7(21-11(13)14)9(6)19-10(5)12(15,16)17/h2-4,11H,18H2,1H3,(H,19,20). The number of fused-ring (bicyclic) bond motifs is 1. The van der Waals surface area contributed by atoms with Crippen molar-refractivity contribution in [2.45, 2.75) is 19.7 Å². The van der Waals surface area contributed by atoms with E-state index in [1.807, 2.05) is 0 Å². The second-order valence-corrected chi connectivity index (χ2v) is 4.13. The number of hydrazine groups is 1. The number of nitrogens with one attached hydrogen (secondary N) is 1. The topological polar surface area (TPSA) is 60.2 Å². The van der Waals surface area contributed by atoms with Crippen LogP contribution in [0, 0.1) is 6.92 Å². The van der Waals surface area contributed by atoms with Gasteiger partial charge in [-0.05, 0) is 13.0 Å². The summed E-state index contributed by atoms with van der Waals surface area (Å²) in [6.07, 6.45) is -4.75. The fourth-order valence-electron chi connectivity index (χ4n) is 2.01. The zero-order chi connectivity index (χ0) is 15.8. The van der Waals surface area contributed by atoms with Crippen molar-refractivity contribution in [3.05, 3.63) is 29.5 Å². The van der Waals surface area contributed by atoms with Gasteiger partial charge in [0.25, 0.3) is 0 Å². The first kappa shape index (κ1) is 15.2. The van der Waals surface area contributed by atoms with Gasteiger partial charge in [-0.2, -0.15) is 22.0 Å². The summed E-state index contributed by atoms with van der Waals surface area (Å²) in [5, 5.41) is 0.154. The predicted molar refractivity (Wildman–Crippen MR) is 65.9 cm³/mol. The van der Waals surface area contributed by atoms with Crippen molar-refractivity contribution in [1.82, 2.24) is 4.98 Å². The van der Waals surface area contributed by atoms with Gasteiger partial charge in [-0.15, -0.1) is 0 Å². The monoisotopic (exact) mass is 307 g/mol. The molecule has 1 aromatic carbocycles. The molecule has 0 bridgehead atoms. The van der Waals surface area contributed by atoms with E-state index in [1.54, 1.807) is 0 Å². The van der Waals surface area contributed by atoms with Crippen LogP contribution >= 0.6 is 0 Å². The number of ether oxygens (including phenoxy) is 1. The lowest BCUT2D eigenvalue weighted by Gasteiger charge is -2.17. The first-order valence-electron chi connectivity index (χ1n) is 5.67. The highest BCUT2D eigenvalue weighted by atomic mass is 19.4. The van der Waals surface area contributed by atoms with E-state index in [-0.39, 0.29) is 22.2 Å². The smallest absolute Gasteiger partial charge is 0.432 e. The SMILES string of the molecule is Cc1c(C(F)(F)F)nc2c(OC(F)F)cccc2c1NN. The Kier molecular flexibility index (Phi) is 3.86. The maximum atomic E-state index is 13.0. The van der Waals surface area contributed by atoms with Crippen LogP contribution in [-0.4, -0.2) is 11.6 Å². The molecule has 0 radical (unpaired) electrons. The van der Waals surface area contributed by atoms with Crippen molar-refractivity contribution >= 4 is 16.6 Å². The quantitative estimate of drug-likeness (QED) is 0.518. The average Bonchev–Trinajstić information content (AvgIpc) is 2.36. The van der Waals surface area contributed by atoms with E-state index in [0.717, 1.165) is 6.07 Å². The van der Waals surface area contributed by atoms with E-state index < -0.39 is 24.2 Å². The highest BCUT2D eigenvalue weighted by molar-refractivity contribution is 5.96. The van der Waals surface area contributed by atoms with Crippen molar-refractivity contribution in [3.8, 4) is 5.75 Å². The molecule has 2 rings (SSSR count). The minimum absolute atomic E-state index is 0.0490. The first-order valence-corrected chi connectivity index (χ1v) is 5.67. The molecule has 3 N–H and O–H groups in total. The molecular formula is C12H10F5N3O. The Morgan fingerprint density at radius 3 is 2.48 bits per heavy atom. The molecule has 0 atom stereocenters. The zero-order valence-electron chi connectivity index (χ0n) is 10.6. The van der Waals surface area contributed by atoms with Crippen LogP contribution in [-0.2, 0) is 6.18 Å². The molecule has 0 aliphatic rings. The molecule has 2 aromatic rings. The van der Waals surface area contributed by atoms with E-state index in [2.05, 4.69) is 15.1 Å². The number of nitrogen functional groups attached to an aromatic ring is 1. The van der Waals surface area contributed by atoms with Crippen LogP contribution in [0.5, 0.6) is 5.75 Å². The fraction of sp³-hybridized carbons (Fsp3) is 0.250. The summed E-state index contributed by atoms with van der Waals surface area (Å²) in [5.41, 5.74) is 0.311. The predicted octanol–water partition coefficient (Wildman–Crippen LogP) is 3.45. The molecule has 1 heterocycles. The minimum Gasteiger partial charge on any atom is -0.432 e. The summed E-state index contributed by atoms with van der Waals surface area (Å²) in [7, 11) is 0. The molecule has 9 heteroatoms. The van der Waals surface area contributed by atoms with Crippen LogP contribution in [0.2, 0.25) is 0 Å². The molecule has 1 aromatic heterocycles. The molecule has 0 unspecified atom stereocenters. The summed E-state index contributed by atoms with van der Waals surface area (Å²) in [6, 6.07) is 3.87. The Labute approximate surface area is 115 Å². The third-order valence-electron chi connectivity index (χ3n) is 2.85. The number of anilines is 1. The van der Waals surface area contributed by atoms with Gasteiger partial charge in [-0.3, -0.25) is 5.84 Å². The van der Waals surface area contributed by atoms with Crippen LogP contribution in [0.4, 0.5) is 27.6 Å². The Balaban J connectivity index is 2.82. The largest absolute Gasteiger partial charge is 0.433 e. The number of para-hydroxylation sites is 1. The van der Waals surface area contributed by atoms with Crippen molar-refractivity contribution in [2.75, 3.05) is 5.43 Å². The summed E-state index contributed by atoms with van der Waals surface area (Å²) < 4.78 is 67.8. The van der Waals surface area contributed by atoms with Crippen LogP contribution in [0.25, 0.3) is 10.9 Å². The molecule has 0 fully saturated rings. The van der Waals surface area contributed by atoms with Gasteiger partial charge < -0.3 is 10.2 Å². The van der Waals surface area contributed by atoms with Gasteiger partial charge in [0.1, 0.15) is 11.2 Å². The molecule has 0 spiro atoms. The first-order chi connectivity index (χ1) is 9.75. The van der Waals surface area contributed by atoms with Gasteiger partial charge in [-0.25, -0.2) is 4.98 Å². The number of nitrogens with two attached hydrogens (primary N) is 1.